The number of hydrogen-bond acceptors (Lipinski definition) is 3. The van der Waals surface area contributed by atoms with Crippen LogP contribution in [0.15, 0.2) is 12.3 Å². The van der Waals surface area contributed by atoms with Gasteiger partial charge in [-0.2, -0.15) is 0 Å². The van der Waals surface area contributed by atoms with Crippen molar-refractivity contribution in [3.05, 3.63) is 12.3 Å². The molecule has 2 fully saturated rings. The molecule has 3 rings (SSSR count). The summed E-state index contributed by atoms with van der Waals surface area (Å²) in [5.41, 5.74) is 1.35. The summed E-state index contributed by atoms with van der Waals surface area (Å²) >= 11 is 0. The fourth-order valence-corrected chi connectivity index (χ4v) is 2.61. The second kappa shape index (κ2) is 4.37. The van der Waals surface area contributed by atoms with Crippen molar-refractivity contribution in [3.63, 3.8) is 0 Å². The van der Waals surface area contributed by atoms with E-state index in [1.165, 1.54) is 37.4 Å². The fraction of sp³-hybridized carbons (Fsp3) is 0.667. The molecule has 1 aromatic rings. The van der Waals surface area contributed by atoms with E-state index in [2.05, 4.69) is 27.0 Å². The summed E-state index contributed by atoms with van der Waals surface area (Å²) in [6.45, 7) is 6.11. The van der Waals surface area contributed by atoms with Gasteiger partial charge in [-0.15, -0.1) is 0 Å². The molecule has 0 aliphatic carbocycles. The Bertz CT molecular complexity index is 338. The highest BCUT2D eigenvalue weighted by Gasteiger charge is 2.21. The zero-order chi connectivity index (χ0) is 10.8. The van der Waals surface area contributed by atoms with Gasteiger partial charge in [-0.05, 0) is 18.9 Å². The number of ether oxygens (including phenoxy) is 1. The minimum absolute atomic E-state index is 0.852. The molecular formula is C12H19N3O. The normalized spacial score (nSPS) is 21.8. The lowest BCUT2D eigenvalue weighted by atomic mass is 10.3. The van der Waals surface area contributed by atoms with Crippen molar-refractivity contribution in [3.8, 4) is 0 Å². The minimum Gasteiger partial charge on any atom is -0.378 e. The van der Waals surface area contributed by atoms with E-state index in [1.807, 2.05) is 0 Å². The SMILES string of the molecule is c1cc(N2CCOCC2)c(N2CCCC2)[nH]1. The van der Waals surface area contributed by atoms with Crippen LogP contribution in [-0.2, 0) is 4.74 Å². The lowest BCUT2D eigenvalue weighted by molar-refractivity contribution is 0.123. The van der Waals surface area contributed by atoms with Crippen LogP contribution in [0.25, 0.3) is 0 Å². The van der Waals surface area contributed by atoms with E-state index in [1.54, 1.807) is 0 Å². The third-order valence-corrected chi connectivity index (χ3v) is 3.48. The molecule has 2 saturated heterocycles. The van der Waals surface area contributed by atoms with Crippen molar-refractivity contribution in [1.82, 2.24) is 4.98 Å². The van der Waals surface area contributed by atoms with Crippen LogP contribution in [0.3, 0.4) is 0 Å². The number of aromatic amines is 1. The number of anilines is 2. The van der Waals surface area contributed by atoms with Crippen LogP contribution in [0, 0.1) is 0 Å². The Kier molecular flexibility index (Phi) is 2.74. The van der Waals surface area contributed by atoms with E-state index in [-0.39, 0.29) is 0 Å². The maximum atomic E-state index is 5.40. The maximum absolute atomic E-state index is 5.40. The van der Waals surface area contributed by atoms with Gasteiger partial charge >= 0.3 is 0 Å². The summed E-state index contributed by atoms with van der Waals surface area (Å²) in [5, 5.41) is 0. The first-order chi connectivity index (χ1) is 7.95. The highest BCUT2D eigenvalue weighted by molar-refractivity contribution is 5.68. The number of rotatable bonds is 2. The van der Waals surface area contributed by atoms with Gasteiger partial charge in [-0.25, -0.2) is 0 Å². The third-order valence-electron chi connectivity index (χ3n) is 3.48. The average molecular weight is 221 g/mol. The standard InChI is InChI=1S/C12H19N3O/c1-2-6-15(5-1)12-11(3-4-13-12)14-7-9-16-10-8-14/h3-4,13H,1-2,5-10H2. The number of morpholine rings is 1. The zero-order valence-electron chi connectivity index (χ0n) is 9.61. The second-order valence-electron chi connectivity index (χ2n) is 4.51. The van der Waals surface area contributed by atoms with Crippen molar-refractivity contribution in [1.29, 1.82) is 0 Å². The molecule has 0 spiro atoms. The number of nitrogens with one attached hydrogen (secondary N) is 1. The quantitative estimate of drug-likeness (QED) is 0.820. The summed E-state index contributed by atoms with van der Waals surface area (Å²) in [6.07, 6.45) is 4.70. The molecule has 4 nitrogen and oxygen atoms in total. The van der Waals surface area contributed by atoms with E-state index >= 15 is 0 Å². The molecule has 0 unspecified atom stereocenters. The Labute approximate surface area is 96.2 Å². The zero-order valence-corrected chi connectivity index (χ0v) is 9.61. The largest absolute Gasteiger partial charge is 0.378 e. The first-order valence-electron chi connectivity index (χ1n) is 6.20. The van der Waals surface area contributed by atoms with Gasteiger partial charge in [0.2, 0.25) is 0 Å². The van der Waals surface area contributed by atoms with Crippen LogP contribution in [0.1, 0.15) is 12.8 Å². The lowest BCUT2D eigenvalue weighted by Crippen LogP contribution is -2.37. The van der Waals surface area contributed by atoms with Crippen molar-refractivity contribution < 1.29 is 4.74 Å². The Morgan fingerprint density at radius 1 is 1.00 bits per heavy atom. The summed E-state index contributed by atoms with van der Waals surface area (Å²) in [6, 6.07) is 2.19. The topological polar surface area (TPSA) is 31.5 Å². The minimum atomic E-state index is 0.852. The fourth-order valence-electron chi connectivity index (χ4n) is 2.61. The molecule has 0 saturated carbocycles. The predicted molar refractivity (Wildman–Crippen MR) is 65.3 cm³/mol. The lowest BCUT2D eigenvalue weighted by Gasteiger charge is -2.30. The Balaban J connectivity index is 1.80. The highest BCUT2D eigenvalue weighted by atomic mass is 16.5. The molecule has 0 amide bonds. The van der Waals surface area contributed by atoms with Gasteiger partial charge in [0, 0.05) is 32.4 Å². The van der Waals surface area contributed by atoms with Gasteiger partial charge in [0.1, 0.15) is 5.82 Å². The number of H-pyrrole nitrogens is 1. The van der Waals surface area contributed by atoms with E-state index in [0.717, 1.165) is 26.3 Å². The van der Waals surface area contributed by atoms with Gasteiger partial charge in [0.15, 0.2) is 0 Å². The van der Waals surface area contributed by atoms with Gasteiger partial charge in [0.25, 0.3) is 0 Å². The molecule has 3 heterocycles. The van der Waals surface area contributed by atoms with E-state index in [0.29, 0.717) is 0 Å². The molecule has 0 atom stereocenters. The molecule has 1 N–H and O–H groups in total. The summed E-state index contributed by atoms with van der Waals surface area (Å²) in [4.78, 5) is 8.28. The molecule has 16 heavy (non-hydrogen) atoms. The van der Waals surface area contributed by atoms with Gasteiger partial charge in [-0.1, -0.05) is 0 Å². The van der Waals surface area contributed by atoms with Gasteiger partial charge in [0.05, 0.1) is 18.9 Å². The molecular weight excluding hydrogens is 202 g/mol. The van der Waals surface area contributed by atoms with Gasteiger partial charge < -0.3 is 19.5 Å². The molecule has 1 aromatic heterocycles. The van der Waals surface area contributed by atoms with Crippen molar-refractivity contribution in [2.24, 2.45) is 0 Å². The number of hydrogen-bond donors (Lipinski definition) is 1. The van der Waals surface area contributed by atoms with E-state index in [4.69, 9.17) is 4.74 Å². The predicted octanol–water partition coefficient (Wildman–Crippen LogP) is 1.45. The van der Waals surface area contributed by atoms with Crippen LogP contribution in [0.5, 0.6) is 0 Å². The van der Waals surface area contributed by atoms with Crippen LogP contribution in [0.4, 0.5) is 11.5 Å². The molecule has 4 heteroatoms. The van der Waals surface area contributed by atoms with Crippen LogP contribution in [-0.4, -0.2) is 44.4 Å². The van der Waals surface area contributed by atoms with Crippen molar-refractivity contribution in [2.45, 2.75) is 12.8 Å². The average Bonchev–Trinajstić information content (AvgIpc) is 3.01. The summed E-state index contributed by atoms with van der Waals surface area (Å²) in [7, 11) is 0. The number of aromatic nitrogens is 1. The Morgan fingerprint density at radius 2 is 1.75 bits per heavy atom. The highest BCUT2D eigenvalue weighted by Crippen LogP contribution is 2.30. The Hall–Kier alpha value is -1.16. The third kappa shape index (κ3) is 1.78. The summed E-state index contributed by atoms with van der Waals surface area (Å²) < 4.78 is 5.40. The molecule has 2 aliphatic heterocycles. The van der Waals surface area contributed by atoms with Crippen molar-refractivity contribution in [2.75, 3.05) is 49.2 Å². The molecule has 0 radical (unpaired) electrons. The molecule has 0 bridgehead atoms. The van der Waals surface area contributed by atoms with Crippen LogP contribution < -0.4 is 9.80 Å². The first-order valence-corrected chi connectivity index (χ1v) is 6.20. The maximum Gasteiger partial charge on any atom is 0.129 e. The number of nitrogens with zero attached hydrogens (tertiary/aromatic N) is 2. The summed E-state index contributed by atoms with van der Waals surface area (Å²) in [5.74, 6) is 1.31. The van der Waals surface area contributed by atoms with E-state index in [9.17, 15) is 0 Å². The molecule has 2 aliphatic rings. The Morgan fingerprint density at radius 3 is 2.50 bits per heavy atom. The first kappa shape index (κ1) is 10.0. The van der Waals surface area contributed by atoms with Gasteiger partial charge in [-0.3, -0.25) is 0 Å². The second-order valence-corrected chi connectivity index (χ2v) is 4.51. The van der Waals surface area contributed by atoms with Crippen LogP contribution >= 0.6 is 0 Å². The van der Waals surface area contributed by atoms with Crippen LogP contribution in [0.2, 0.25) is 0 Å². The van der Waals surface area contributed by atoms with E-state index < -0.39 is 0 Å². The van der Waals surface area contributed by atoms with Crippen molar-refractivity contribution >= 4 is 11.5 Å². The smallest absolute Gasteiger partial charge is 0.129 e. The molecule has 88 valence electrons. The molecule has 0 aromatic carbocycles. The monoisotopic (exact) mass is 221 g/mol.